The monoisotopic (exact) mass is 338 g/mol. The Balaban J connectivity index is 2.05. The van der Waals surface area contributed by atoms with E-state index in [2.05, 4.69) is 27.1 Å². The van der Waals surface area contributed by atoms with Crippen LogP contribution in [0.3, 0.4) is 0 Å². The second kappa shape index (κ2) is 6.93. The highest BCUT2D eigenvalue weighted by Gasteiger charge is 2.15. The summed E-state index contributed by atoms with van der Waals surface area (Å²) in [4.78, 5) is 18.5. The van der Waals surface area contributed by atoms with Crippen molar-refractivity contribution in [2.75, 3.05) is 25.6 Å². The van der Waals surface area contributed by atoms with E-state index in [0.717, 1.165) is 29.1 Å². The molecule has 1 aromatic carbocycles. The van der Waals surface area contributed by atoms with Gasteiger partial charge in [-0.15, -0.1) is 0 Å². The summed E-state index contributed by atoms with van der Waals surface area (Å²) >= 11 is 0. The molecule has 0 atom stereocenters. The number of hydrogen-bond acceptors (Lipinski definition) is 5. The number of benzene rings is 1. The molecule has 0 saturated heterocycles. The molecule has 0 aliphatic heterocycles. The van der Waals surface area contributed by atoms with Crippen LogP contribution < -0.4 is 4.90 Å². The normalized spacial score (nSPS) is 10.9. The molecular formula is C19H22N4O2. The summed E-state index contributed by atoms with van der Waals surface area (Å²) in [5, 5.41) is 4.66. The number of fused-ring (bicyclic) bond motifs is 1. The van der Waals surface area contributed by atoms with Crippen molar-refractivity contribution < 1.29 is 9.53 Å². The first-order valence-electron chi connectivity index (χ1n) is 8.38. The average molecular weight is 338 g/mol. The minimum Gasteiger partial charge on any atom is -0.461 e. The van der Waals surface area contributed by atoms with E-state index in [4.69, 9.17) is 4.74 Å². The van der Waals surface area contributed by atoms with Crippen LogP contribution in [-0.4, -0.2) is 41.3 Å². The fraction of sp³-hybridized carbons (Fsp3) is 0.316. The van der Waals surface area contributed by atoms with Crippen molar-refractivity contribution in [1.29, 1.82) is 0 Å². The van der Waals surface area contributed by atoms with E-state index < -0.39 is 5.97 Å². The van der Waals surface area contributed by atoms with E-state index >= 15 is 0 Å². The molecule has 6 heteroatoms. The van der Waals surface area contributed by atoms with Gasteiger partial charge in [-0.05, 0) is 31.5 Å². The number of nitrogens with zero attached hydrogens (tertiary/aromatic N) is 4. The van der Waals surface area contributed by atoms with Crippen LogP contribution in [0.5, 0.6) is 0 Å². The van der Waals surface area contributed by atoms with Crippen molar-refractivity contribution in [3.8, 4) is 11.3 Å². The first-order chi connectivity index (χ1) is 12.0. The number of carbonyl (C=O) groups excluding carboxylic acids is 1. The predicted molar refractivity (Wildman–Crippen MR) is 98.1 cm³/mol. The molecule has 130 valence electrons. The van der Waals surface area contributed by atoms with Gasteiger partial charge in [-0.25, -0.2) is 14.3 Å². The maximum atomic E-state index is 12.0. The molecule has 0 amide bonds. The fourth-order valence-corrected chi connectivity index (χ4v) is 2.67. The van der Waals surface area contributed by atoms with E-state index in [1.54, 1.807) is 17.5 Å². The van der Waals surface area contributed by atoms with Crippen molar-refractivity contribution in [3.05, 3.63) is 47.8 Å². The van der Waals surface area contributed by atoms with Crippen molar-refractivity contribution in [1.82, 2.24) is 14.6 Å². The van der Waals surface area contributed by atoms with Crippen LogP contribution in [0.15, 0.2) is 36.4 Å². The highest BCUT2D eigenvalue weighted by Crippen LogP contribution is 2.23. The van der Waals surface area contributed by atoms with Crippen LogP contribution in [0.4, 0.5) is 5.69 Å². The molecule has 0 aliphatic carbocycles. The molecule has 0 saturated carbocycles. The van der Waals surface area contributed by atoms with E-state index in [0.29, 0.717) is 17.9 Å². The highest BCUT2D eigenvalue weighted by molar-refractivity contribution is 5.88. The second-order valence-electron chi connectivity index (χ2n) is 5.95. The lowest BCUT2D eigenvalue weighted by Gasteiger charge is -2.12. The summed E-state index contributed by atoms with van der Waals surface area (Å²) < 4.78 is 6.86. The van der Waals surface area contributed by atoms with E-state index in [1.807, 2.05) is 39.2 Å². The summed E-state index contributed by atoms with van der Waals surface area (Å²) in [6.07, 6.45) is 0.742. The zero-order chi connectivity index (χ0) is 18.0. The Morgan fingerprint density at radius 2 is 1.88 bits per heavy atom. The number of anilines is 1. The lowest BCUT2D eigenvalue weighted by atomic mass is 10.1. The van der Waals surface area contributed by atoms with Gasteiger partial charge in [0.15, 0.2) is 11.3 Å². The molecule has 0 N–H and O–H groups in total. The van der Waals surface area contributed by atoms with Crippen LogP contribution in [0.1, 0.15) is 30.0 Å². The molecule has 2 aromatic heterocycles. The molecule has 0 unspecified atom stereocenters. The smallest absolute Gasteiger partial charge is 0.357 e. The van der Waals surface area contributed by atoms with E-state index in [-0.39, 0.29) is 0 Å². The zero-order valence-corrected chi connectivity index (χ0v) is 15.0. The Hall–Kier alpha value is -2.89. The molecule has 0 fully saturated rings. The van der Waals surface area contributed by atoms with Gasteiger partial charge in [-0.2, -0.15) is 5.10 Å². The summed E-state index contributed by atoms with van der Waals surface area (Å²) in [5.74, 6) is -0.405. The van der Waals surface area contributed by atoms with Gasteiger partial charge in [-0.3, -0.25) is 0 Å². The van der Waals surface area contributed by atoms with E-state index in [1.165, 1.54) is 0 Å². The summed E-state index contributed by atoms with van der Waals surface area (Å²) in [5.41, 5.74) is 4.85. The van der Waals surface area contributed by atoms with Gasteiger partial charge < -0.3 is 9.64 Å². The third-order valence-electron chi connectivity index (χ3n) is 4.03. The minimum atomic E-state index is -0.405. The summed E-state index contributed by atoms with van der Waals surface area (Å²) in [6.45, 7) is 4.14. The van der Waals surface area contributed by atoms with Gasteiger partial charge >= 0.3 is 5.97 Å². The standard InChI is InChI=1S/C19H22N4O2/c1-5-14-11-17(19(24)25-6-2)20-18-12-16(21-23(14)18)13-7-9-15(10-8-13)22(3)4/h7-12H,5-6H2,1-4H3. The molecule has 3 rings (SSSR count). The third kappa shape index (κ3) is 3.33. The van der Waals surface area contributed by atoms with E-state index in [9.17, 15) is 4.79 Å². The van der Waals surface area contributed by atoms with Gasteiger partial charge in [0, 0.05) is 37.1 Å². The van der Waals surface area contributed by atoms with Crippen molar-refractivity contribution >= 4 is 17.3 Å². The first-order valence-corrected chi connectivity index (χ1v) is 8.38. The number of esters is 1. The van der Waals surface area contributed by atoms with Gasteiger partial charge in [0.05, 0.1) is 12.3 Å². The van der Waals surface area contributed by atoms with Gasteiger partial charge in [0.2, 0.25) is 0 Å². The molecule has 0 spiro atoms. The molecule has 0 aliphatic rings. The number of carbonyl (C=O) groups is 1. The maximum Gasteiger partial charge on any atom is 0.357 e. The van der Waals surface area contributed by atoms with Crippen LogP contribution in [0, 0.1) is 0 Å². The van der Waals surface area contributed by atoms with Crippen LogP contribution in [-0.2, 0) is 11.2 Å². The predicted octanol–water partition coefficient (Wildman–Crippen LogP) is 3.20. The molecule has 6 nitrogen and oxygen atoms in total. The second-order valence-corrected chi connectivity index (χ2v) is 5.95. The average Bonchev–Trinajstić information content (AvgIpc) is 3.05. The first kappa shape index (κ1) is 17.0. The SMILES string of the molecule is CCOC(=O)c1cc(CC)n2nc(-c3ccc(N(C)C)cc3)cc2n1. The molecule has 3 aromatic rings. The van der Waals surface area contributed by atoms with Crippen molar-refractivity contribution in [3.63, 3.8) is 0 Å². The number of rotatable bonds is 5. The highest BCUT2D eigenvalue weighted by atomic mass is 16.5. The Kier molecular flexibility index (Phi) is 4.70. The summed E-state index contributed by atoms with van der Waals surface area (Å²) in [7, 11) is 4.02. The maximum absolute atomic E-state index is 12.0. The number of ether oxygens (including phenoxy) is 1. The molecule has 0 bridgehead atoms. The number of hydrogen-bond donors (Lipinski definition) is 0. The van der Waals surface area contributed by atoms with Gasteiger partial charge in [0.1, 0.15) is 0 Å². The van der Waals surface area contributed by atoms with Crippen molar-refractivity contribution in [2.24, 2.45) is 0 Å². The van der Waals surface area contributed by atoms with Gasteiger partial charge in [-0.1, -0.05) is 19.1 Å². The largest absolute Gasteiger partial charge is 0.461 e. The number of aryl methyl sites for hydroxylation is 1. The Bertz CT molecular complexity index is 898. The fourth-order valence-electron chi connectivity index (χ4n) is 2.67. The lowest BCUT2D eigenvalue weighted by molar-refractivity contribution is 0.0519. The number of aromatic nitrogens is 3. The molecule has 25 heavy (non-hydrogen) atoms. The summed E-state index contributed by atoms with van der Waals surface area (Å²) in [6, 6.07) is 11.8. The van der Waals surface area contributed by atoms with Crippen molar-refractivity contribution in [2.45, 2.75) is 20.3 Å². The third-order valence-corrected chi connectivity index (χ3v) is 4.03. The zero-order valence-electron chi connectivity index (χ0n) is 15.0. The quantitative estimate of drug-likeness (QED) is 0.669. The minimum absolute atomic E-state index is 0.320. The van der Waals surface area contributed by atoms with Crippen LogP contribution in [0.25, 0.3) is 16.9 Å². The Morgan fingerprint density at radius 1 is 1.16 bits per heavy atom. The molecule has 0 radical (unpaired) electrons. The Labute approximate surface area is 147 Å². The topological polar surface area (TPSA) is 59.7 Å². The van der Waals surface area contributed by atoms with Crippen LogP contribution >= 0.6 is 0 Å². The van der Waals surface area contributed by atoms with Crippen LogP contribution in [0.2, 0.25) is 0 Å². The Morgan fingerprint density at radius 3 is 2.48 bits per heavy atom. The molecule has 2 heterocycles. The van der Waals surface area contributed by atoms with Gasteiger partial charge in [0.25, 0.3) is 0 Å². The molecular weight excluding hydrogens is 316 g/mol. The lowest BCUT2D eigenvalue weighted by Crippen LogP contribution is -2.10.